The Kier molecular flexibility index (Phi) is 2.58. The van der Waals surface area contributed by atoms with Crippen molar-refractivity contribution >= 4 is 17.0 Å². The second-order valence-corrected chi connectivity index (χ2v) is 4.94. The van der Waals surface area contributed by atoms with E-state index in [9.17, 15) is 0 Å². The molecule has 1 aliphatic heterocycles. The summed E-state index contributed by atoms with van der Waals surface area (Å²) >= 11 is 0. The lowest BCUT2D eigenvalue weighted by molar-refractivity contribution is 0.494. The van der Waals surface area contributed by atoms with Crippen LogP contribution in [-0.4, -0.2) is 37.8 Å². The molecule has 1 saturated heterocycles. The van der Waals surface area contributed by atoms with Crippen molar-refractivity contribution in [2.45, 2.75) is 12.5 Å². The standard InChI is InChI=1S/C14H14N6/c1-5-17-20(8-1)11-4-9-19(10-11)13-3-2-12-14(18-13)16-7-6-15-12/h1-3,5-8,11H,4,9-10H2. The van der Waals surface area contributed by atoms with Crippen LogP contribution < -0.4 is 4.90 Å². The van der Waals surface area contributed by atoms with Crippen LogP contribution in [0.5, 0.6) is 0 Å². The second-order valence-electron chi connectivity index (χ2n) is 4.94. The van der Waals surface area contributed by atoms with E-state index in [1.165, 1.54) is 0 Å². The Hall–Kier alpha value is -2.50. The molecule has 0 aromatic carbocycles. The van der Waals surface area contributed by atoms with Gasteiger partial charge in [-0.1, -0.05) is 0 Å². The molecule has 0 spiro atoms. The van der Waals surface area contributed by atoms with E-state index < -0.39 is 0 Å². The monoisotopic (exact) mass is 266 g/mol. The Morgan fingerprint density at radius 1 is 1.10 bits per heavy atom. The van der Waals surface area contributed by atoms with E-state index in [0.717, 1.165) is 30.8 Å². The largest absolute Gasteiger partial charge is 0.354 e. The molecule has 1 aliphatic rings. The lowest BCUT2D eigenvalue weighted by atomic mass is 10.3. The molecule has 3 aromatic rings. The summed E-state index contributed by atoms with van der Waals surface area (Å²) in [5, 5.41) is 4.32. The van der Waals surface area contributed by atoms with Gasteiger partial charge in [-0.25, -0.2) is 9.97 Å². The van der Waals surface area contributed by atoms with Gasteiger partial charge in [-0.2, -0.15) is 5.10 Å². The van der Waals surface area contributed by atoms with E-state index in [2.05, 4.69) is 25.0 Å². The number of hydrogen-bond donors (Lipinski definition) is 0. The fourth-order valence-corrected chi connectivity index (χ4v) is 2.68. The first kappa shape index (κ1) is 11.3. The first-order valence-corrected chi connectivity index (χ1v) is 6.72. The van der Waals surface area contributed by atoms with Crippen molar-refractivity contribution in [3.05, 3.63) is 43.0 Å². The molecule has 1 atom stereocenters. The van der Waals surface area contributed by atoms with Crippen molar-refractivity contribution in [3.63, 3.8) is 0 Å². The molecule has 20 heavy (non-hydrogen) atoms. The molecule has 0 radical (unpaired) electrons. The summed E-state index contributed by atoms with van der Waals surface area (Å²) in [6.45, 7) is 1.92. The van der Waals surface area contributed by atoms with Gasteiger partial charge in [0.05, 0.1) is 6.04 Å². The number of nitrogens with zero attached hydrogens (tertiary/aromatic N) is 6. The van der Waals surface area contributed by atoms with Crippen LogP contribution in [0.4, 0.5) is 5.82 Å². The summed E-state index contributed by atoms with van der Waals surface area (Å²) in [7, 11) is 0. The van der Waals surface area contributed by atoms with E-state index in [1.807, 2.05) is 35.3 Å². The highest BCUT2D eigenvalue weighted by molar-refractivity contribution is 5.71. The van der Waals surface area contributed by atoms with Crippen molar-refractivity contribution in [1.29, 1.82) is 0 Å². The number of aromatic nitrogens is 5. The normalized spacial score (nSPS) is 18.8. The molecular formula is C14H14N6. The van der Waals surface area contributed by atoms with Gasteiger partial charge >= 0.3 is 0 Å². The maximum absolute atomic E-state index is 4.60. The lowest BCUT2D eigenvalue weighted by Gasteiger charge is -2.17. The average molecular weight is 266 g/mol. The fraction of sp³-hybridized carbons (Fsp3) is 0.286. The summed E-state index contributed by atoms with van der Waals surface area (Å²) in [6, 6.07) is 6.38. The molecule has 4 heterocycles. The zero-order chi connectivity index (χ0) is 13.4. The van der Waals surface area contributed by atoms with E-state index in [0.29, 0.717) is 11.7 Å². The fourth-order valence-electron chi connectivity index (χ4n) is 2.68. The molecular weight excluding hydrogens is 252 g/mol. The third kappa shape index (κ3) is 1.89. The summed E-state index contributed by atoms with van der Waals surface area (Å²) < 4.78 is 2.03. The third-order valence-corrected chi connectivity index (χ3v) is 3.70. The Morgan fingerprint density at radius 3 is 2.95 bits per heavy atom. The number of fused-ring (bicyclic) bond motifs is 1. The summed E-state index contributed by atoms with van der Waals surface area (Å²) in [5.41, 5.74) is 1.53. The van der Waals surface area contributed by atoms with Crippen LogP contribution in [-0.2, 0) is 0 Å². The molecule has 0 bridgehead atoms. The summed E-state index contributed by atoms with van der Waals surface area (Å²) in [4.78, 5) is 15.4. The Bertz CT molecular complexity index is 723. The topological polar surface area (TPSA) is 59.7 Å². The van der Waals surface area contributed by atoms with E-state index >= 15 is 0 Å². The van der Waals surface area contributed by atoms with Crippen molar-refractivity contribution in [3.8, 4) is 0 Å². The maximum atomic E-state index is 4.60. The Labute approximate surface area is 116 Å². The molecule has 0 N–H and O–H groups in total. The molecule has 6 heteroatoms. The van der Waals surface area contributed by atoms with Gasteiger partial charge in [0.15, 0.2) is 5.65 Å². The van der Waals surface area contributed by atoms with Crippen LogP contribution >= 0.6 is 0 Å². The van der Waals surface area contributed by atoms with Gasteiger partial charge in [-0.15, -0.1) is 0 Å². The van der Waals surface area contributed by atoms with E-state index in [-0.39, 0.29) is 0 Å². The van der Waals surface area contributed by atoms with E-state index in [1.54, 1.807) is 12.4 Å². The quantitative estimate of drug-likeness (QED) is 0.706. The number of anilines is 1. The number of rotatable bonds is 2. The molecule has 3 aromatic heterocycles. The smallest absolute Gasteiger partial charge is 0.180 e. The predicted molar refractivity (Wildman–Crippen MR) is 75.4 cm³/mol. The van der Waals surface area contributed by atoms with Gasteiger partial charge in [0.25, 0.3) is 0 Å². The van der Waals surface area contributed by atoms with Crippen molar-refractivity contribution in [2.24, 2.45) is 0 Å². The van der Waals surface area contributed by atoms with Crippen LogP contribution in [0, 0.1) is 0 Å². The van der Waals surface area contributed by atoms with Gasteiger partial charge in [0.1, 0.15) is 11.3 Å². The molecule has 0 aliphatic carbocycles. The van der Waals surface area contributed by atoms with Crippen LogP contribution in [0.25, 0.3) is 11.2 Å². The minimum Gasteiger partial charge on any atom is -0.354 e. The van der Waals surface area contributed by atoms with Gasteiger partial charge < -0.3 is 4.90 Å². The van der Waals surface area contributed by atoms with Gasteiger partial charge in [0.2, 0.25) is 0 Å². The Morgan fingerprint density at radius 2 is 2.05 bits per heavy atom. The zero-order valence-electron chi connectivity index (χ0n) is 10.9. The summed E-state index contributed by atoms with van der Waals surface area (Å²) in [5.74, 6) is 0.965. The molecule has 1 unspecified atom stereocenters. The average Bonchev–Trinajstić information content (AvgIpc) is 3.17. The molecule has 100 valence electrons. The third-order valence-electron chi connectivity index (χ3n) is 3.70. The molecule has 1 fully saturated rings. The van der Waals surface area contributed by atoms with Gasteiger partial charge in [-0.3, -0.25) is 9.67 Å². The van der Waals surface area contributed by atoms with Crippen LogP contribution in [0.1, 0.15) is 12.5 Å². The minimum absolute atomic E-state index is 0.421. The molecule has 4 rings (SSSR count). The highest BCUT2D eigenvalue weighted by Gasteiger charge is 2.25. The predicted octanol–water partition coefficient (Wildman–Crippen LogP) is 1.67. The number of pyridine rings is 1. The molecule has 0 amide bonds. The highest BCUT2D eigenvalue weighted by atomic mass is 15.3. The van der Waals surface area contributed by atoms with Gasteiger partial charge in [-0.05, 0) is 24.6 Å². The Balaban J connectivity index is 1.61. The van der Waals surface area contributed by atoms with Crippen molar-refractivity contribution in [2.75, 3.05) is 18.0 Å². The molecule has 0 saturated carbocycles. The number of hydrogen-bond acceptors (Lipinski definition) is 5. The van der Waals surface area contributed by atoms with Crippen molar-refractivity contribution in [1.82, 2.24) is 24.7 Å². The van der Waals surface area contributed by atoms with Crippen molar-refractivity contribution < 1.29 is 0 Å². The van der Waals surface area contributed by atoms with Crippen LogP contribution in [0.2, 0.25) is 0 Å². The second kappa shape index (κ2) is 4.56. The SMILES string of the molecule is c1cnn(C2CCN(c3ccc4nccnc4n3)C2)c1. The zero-order valence-corrected chi connectivity index (χ0v) is 10.9. The first-order valence-electron chi connectivity index (χ1n) is 6.72. The lowest BCUT2D eigenvalue weighted by Crippen LogP contribution is -2.22. The van der Waals surface area contributed by atoms with Crippen LogP contribution in [0.15, 0.2) is 43.0 Å². The maximum Gasteiger partial charge on any atom is 0.180 e. The summed E-state index contributed by atoms with van der Waals surface area (Å²) in [6.07, 6.45) is 8.30. The molecule has 6 nitrogen and oxygen atoms in total. The van der Waals surface area contributed by atoms with Gasteiger partial charge in [0, 0.05) is 37.9 Å². The van der Waals surface area contributed by atoms with Crippen LogP contribution in [0.3, 0.4) is 0 Å². The minimum atomic E-state index is 0.421. The highest BCUT2D eigenvalue weighted by Crippen LogP contribution is 2.25. The van der Waals surface area contributed by atoms with E-state index in [4.69, 9.17) is 0 Å². The first-order chi connectivity index (χ1) is 9.90.